The molecular weight excluding hydrogens is 388 g/mol. The summed E-state index contributed by atoms with van der Waals surface area (Å²) in [6.07, 6.45) is 5.19. The lowest BCUT2D eigenvalue weighted by Gasteiger charge is -2.11. The lowest BCUT2D eigenvalue weighted by atomic mass is 10.2. The van der Waals surface area contributed by atoms with E-state index in [4.69, 9.17) is 0 Å². The van der Waals surface area contributed by atoms with Crippen LogP contribution in [0, 0.1) is 6.92 Å². The van der Waals surface area contributed by atoms with Gasteiger partial charge in [-0.25, -0.2) is 4.98 Å². The number of carbonyl (C=O) groups is 1. The molecule has 0 radical (unpaired) electrons. The number of benzene rings is 2. The summed E-state index contributed by atoms with van der Waals surface area (Å²) in [5.74, 6) is 0.996. The van der Waals surface area contributed by atoms with Crippen LogP contribution in [0.4, 0.5) is 5.69 Å². The maximum atomic E-state index is 10.4. The van der Waals surface area contributed by atoms with Gasteiger partial charge in [0.15, 0.2) is 0 Å². The Morgan fingerprint density at radius 1 is 1.16 bits per heavy atom. The Labute approximate surface area is 182 Å². The first-order valence-corrected chi connectivity index (χ1v) is 10.9. The van der Waals surface area contributed by atoms with Crippen LogP contribution in [0.1, 0.15) is 44.1 Å². The average Bonchev–Trinajstić information content (AvgIpc) is 3.47. The predicted molar refractivity (Wildman–Crippen MR) is 125 cm³/mol. The van der Waals surface area contributed by atoms with E-state index in [1.807, 2.05) is 24.4 Å². The SMILES string of the molecule is Cc1ccc2c(cnn2C(C)C)c1.O=CNc1ccc2nc(CN3CCCC3)[nH]c2c1. The minimum Gasteiger partial charge on any atom is -0.341 e. The fourth-order valence-electron chi connectivity index (χ4n) is 4.03. The van der Waals surface area contributed by atoms with Crippen LogP contribution in [0.25, 0.3) is 21.9 Å². The number of rotatable bonds is 5. The molecule has 0 atom stereocenters. The number of aromatic nitrogens is 4. The van der Waals surface area contributed by atoms with Crippen molar-refractivity contribution in [3.05, 3.63) is 54.0 Å². The molecule has 0 bridgehead atoms. The first-order chi connectivity index (χ1) is 15.0. The average molecular weight is 419 g/mol. The highest BCUT2D eigenvalue weighted by Gasteiger charge is 2.13. The molecule has 1 aliphatic heterocycles. The van der Waals surface area contributed by atoms with Crippen molar-refractivity contribution in [2.75, 3.05) is 18.4 Å². The topological polar surface area (TPSA) is 78.8 Å². The zero-order valence-electron chi connectivity index (χ0n) is 18.4. The quantitative estimate of drug-likeness (QED) is 0.462. The second-order valence-electron chi connectivity index (χ2n) is 8.41. The molecular formula is C24H30N6O. The summed E-state index contributed by atoms with van der Waals surface area (Å²) >= 11 is 0. The summed E-state index contributed by atoms with van der Waals surface area (Å²) in [5.41, 5.74) is 5.21. The number of hydrogen-bond donors (Lipinski definition) is 2. The maximum absolute atomic E-state index is 10.4. The maximum Gasteiger partial charge on any atom is 0.211 e. The number of carbonyl (C=O) groups excluding carboxylic acids is 1. The molecule has 0 spiro atoms. The second-order valence-corrected chi connectivity index (χ2v) is 8.41. The molecule has 0 unspecified atom stereocenters. The monoisotopic (exact) mass is 418 g/mol. The van der Waals surface area contributed by atoms with E-state index in [2.05, 4.69) is 68.9 Å². The number of hydrogen-bond acceptors (Lipinski definition) is 4. The highest BCUT2D eigenvalue weighted by Crippen LogP contribution is 2.19. The molecule has 162 valence electrons. The zero-order valence-corrected chi connectivity index (χ0v) is 18.4. The van der Waals surface area contributed by atoms with E-state index in [0.717, 1.165) is 42.2 Å². The summed E-state index contributed by atoms with van der Waals surface area (Å²) in [6, 6.07) is 12.6. The molecule has 0 saturated carbocycles. The minimum absolute atomic E-state index is 0.431. The number of fused-ring (bicyclic) bond motifs is 2. The summed E-state index contributed by atoms with van der Waals surface area (Å²) in [5, 5.41) is 8.23. The van der Waals surface area contributed by atoms with Gasteiger partial charge in [-0.1, -0.05) is 11.6 Å². The van der Waals surface area contributed by atoms with Gasteiger partial charge in [0.25, 0.3) is 0 Å². The van der Waals surface area contributed by atoms with Crippen molar-refractivity contribution in [1.82, 2.24) is 24.6 Å². The Bertz CT molecular complexity index is 1170. The molecule has 1 saturated heterocycles. The fourth-order valence-corrected chi connectivity index (χ4v) is 4.03. The van der Waals surface area contributed by atoms with Crippen molar-refractivity contribution >= 4 is 34.0 Å². The highest BCUT2D eigenvalue weighted by molar-refractivity contribution is 5.83. The Morgan fingerprint density at radius 2 is 1.97 bits per heavy atom. The fraction of sp³-hybridized carbons (Fsp3) is 0.375. The molecule has 7 heteroatoms. The van der Waals surface area contributed by atoms with Crippen LogP contribution in [0.15, 0.2) is 42.6 Å². The smallest absolute Gasteiger partial charge is 0.211 e. The molecule has 4 aromatic rings. The molecule has 0 aliphatic carbocycles. The number of nitrogens with one attached hydrogen (secondary N) is 2. The van der Waals surface area contributed by atoms with Crippen LogP contribution in [0.2, 0.25) is 0 Å². The highest BCUT2D eigenvalue weighted by atomic mass is 16.1. The van der Waals surface area contributed by atoms with Crippen LogP contribution >= 0.6 is 0 Å². The molecule has 3 heterocycles. The van der Waals surface area contributed by atoms with E-state index in [9.17, 15) is 4.79 Å². The first kappa shape index (κ1) is 21.1. The zero-order chi connectivity index (χ0) is 21.8. The Hall–Kier alpha value is -3.19. The van der Waals surface area contributed by atoms with Gasteiger partial charge in [-0.05, 0) is 77.0 Å². The van der Waals surface area contributed by atoms with Gasteiger partial charge in [-0.15, -0.1) is 0 Å². The van der Waals surface area contributed by atoms with Gasteiger partial charge in [0.1, 0.15) is 5.82 Å². The van der Waals surface area contributed by atoms with Crippen molar-refractivity contribution in [1.29, 1.82) is 0 Å². The van der Waals surface area contributed by atoms with Gasteiger partial charge >= 0.3 is 0 Å². The molecule has 1 fully saturated rings. The number of amides is 1. The molecule has 2 aromatic carbocycles. The Balaban J connectivity index is 0.000000158. The third-order valence-corrected chi connectivity index (χ3v) is 5.57. The number of likely N-dealkylation sites (tertiary alicyclic amines) is 1. The molecule has 7 nitrogen and oxygen atoms in total. The lowest BCUT2D eigenvalue weighted by Crippen LogP contribution is -2.19. The minimum atomic E-state index is 0.431. The third kappa shape index (κ3) is 4.94. The summed E-state index contributed by atoms with van der Waals surface area (Å²) in [6.45, 7) is 9.60. The van der Waals surface area contributed by atoms with Crippen molar-refractivity contribution in [2.45, 2.75) is 46.2 Å². The lowest BCUT2D eigenvalue weighted by molar-refractivity contribution is -0.105. The number of anilines is 1. The van der Waals surface area contributed by atoms with Crippen LogP contribution in [-0.4, -0.2) is 44.1 Å². The van der Waals surface area contributed by atoms with Crippen molar-refractivity contribution in [3.8, 4) is 0 Å². The summed E-state index contributed by atoms with van der Waals surface area (Å²) < 4.78 is 2.05. The van der Waals surface area contributed by atoms with E-state index in [1.165, 1.54) is 29.3 Å². The first-order valence-electron chi connectivity index (χ1n) is 10.9. The van der Waals surface area contributed by atoms with E-state index < -0.39 is 0 Å². The largest absolute Gasteiger partial charge is 0.341 e. The third-order valence-electron chi connectivity index (χ3n) is 5.57. The number of H-pyrrole nitrogens is 1. The van der Waals surface area contributed by atoms with Gasteiger partial charge in [0.2, 0.25) is 6.41 Å². The van der Waals surface area contributed by atoms with Gasteiger partial charge in [-0.3, -0.25) is 14.4 Å². The summed E-state index contributed by atoms with van der Waals surface area (Å²) in [4.78, 5) is 20.7. The number of aromatic amines is 1. The van der Waals surface area contributed by atoms with Crippen LogP contribution in [-0.2, 0) is 11.3 Å². The Kier molecular flexibility index (Phi) is 6.32. The van der Waals surface area contributed by atoms with E-state index in [-0.39, 0.29) is 0 Å². The normalized spacial score (nSPS) is 14.2. The predicted octanol–water partition coefficient (Wildman–Crippen LogP) is 4.65. The molecule has 5 rings (SSSR count). The second kappa shape index (κ2) is 9.31. The summed E-state index contributed by atoms with van der Waals surface area (Å²) in [7, 11) is 0. The molecule has 31 heavy (non-hydrogen) atoms. The van der Waals surface area contributed by atoms with E-state index >= 15 is 0 Å². The molecule has 2 aromatic heterocycles. The van der Waals surface area contributed by atoms with Crippen LogP contribution < -0.4 is 5.32 Å². The van der Waals surface area contributed by atoms with E-state index in [0.29, 0.717) is 12.5 Å². The van der Waals surface area contributed by atoms with Gasteiger partial charge in [0.05, 0.1) is 29.3 Å². The number of nitrogens with zero attached hydrogens (tertiary/aromatic N) is 4. The number of imidazole rings is 1. The van der Waals surface area contributed by atoms with E-state index in [1.54, 1.807) is 0 Å². The molecule has 2 N–H and O–H groups in total. The van der Waals surface area contributed by atoms with Gasteiger partial charge in [-0.2, -0.15) is 5.10 Å². The van der Waals surface area contributed by atoms with Crippen LogP contribution in [0.3, 0.4) is 0 Å². The number of aryl methyl sites for hydroxylation is 1. The standard InChI is InChI=1S/C13H16N4O.C11H14N2/c18-9-14-10-3-4-11-12(7-10)16-13(15-11)8-17-5-1-2-6-17;1-8(2)13-11-5-4-9(3)6-10(11)7-12-13/h3-4,7,9H,1-2,5-6,8H2,(H,14,18)(H,15,16);4-8H,1-3H3. The molecule has 1 amide bonds. The molecule has 1 aliphatic rings. The van der Waals surface area contributed by atoms with Crippen molar-refractivity contribution < 1.29 is 4.79 Å². The van der Waals surface area contributed by atoms with Crippen molar-refractivity contribution in [3.63, 3.8) is 0 Å². The van der Waals surface area contributed by atoms with Crippen LogP contribution in [0.5, 0.6) is 0 Å². The van der Waals surface area contributed by atoms with Crippen molar-refractivity contribution in [2.24, 2.45) is 0 Å². The Morgan fingerprint density at radius 3 is 2.71 bits per heavy atom. The van der Waals surface area contributed by atoms with Gasteiger partial charge < -0.3 is 10.3 Å². The van der Waals surface area contributed by atoms with Gasteiger partial charge in [0, 0.05) is 17.1 Å².